The van der Waals surface area contributed by atoms with E-state index in [0.717, 1.165) is 22.5 Å². The van der Waals surface area contributed by atoms with Crippen molar-refractivity contribution in [1.29, 1.82) is 0 Å². The zero-order chi connectivity index (χ0) is 22.7. The Labute approximate surface area is 191 Å². The van der Waals surface area contributed by atoms with E-state index in [0.29, 0.717) is 21.8 Å². The second-order valence-corrected chi connectivity index (χ2v) is 8.35. The van der Waals surface area contributed by atoms with Crippen LogP contribution in [0.15, 0.2) is 59.7 Å². The molecule has 2 aromatic carbocycles. The van der Waals surface area contributed by atoms with Crippen LogP contribution in [-0.2, 0) is 9.59 Å². The lowest BCUT2D eigenvalue weighted by atomic mass is 9.91. The van der Waals surface area contributed by atoms with Crippen molar-refractivity contribution in [3.63, 3.8) is 0 Å². The minimum Gasteiger partial charge on any atom is -0.492 e. The SMILES string of the molecule is O=C(O)COc1ccccc1C=Nn1c(O)c(/C=C2\C(=O)C=Cc3ccccc32)sc1=S. The maximum absolute atomic E-state index is 12.5. The number of aromatic nitrogens is 1. The summed E-state index contributed by atoms with van der Waals surface area (Å²) < 4.78 is 6.71. The van der Waals surface area contributed by atoms with Crippen molar-refractivity contribution >= 4 is 59.2 Å². The number of para-hydroxylation sites is 1. The van der Waals surface area contributed by atoms with Gasteiger partial charge in [0.15, 0.2) is 16.3 Å². The van der Waals surface area contributed by atoms with Crippen LogP contribution in [0.1, 0.15) is 21.6 Å². The van der Waals surface area contributed by atoms with Crippen LogP contribution in [0, 0.1) is 3.95 Å². The number of rotatable bonds is 6. The highest BCUT2D eigenvalue weighted by Crippen LogP contribution is 2.34. The van der Waals surface area contributed by atoms with Crippen LogP contribution in [0.3, 0.4) is 0 Å². The topological polar surface area (TPSA) is 101 Å². The van der Waals surface area contributed by atoms with Crippen molar-refractivity contribution in [3.8, 4) is 11.6 Å². The Morgan fingerprint density at radius 1 is 1.16 bits per heavy atom. The van der Waals surface area contributed by atoms with E-state index in [-0.39, 0.29) is 15.6 Å². The second-order valence-electron chi connectivity index (χ2n) is 6.68. The molecule has 0 bridgehead atoms. The van der Waals surface area contributed by atoms with Crippen molar-refractivity contribution < 1.29 is 24.5 Å². The smallest absolute Gasteiger partial charge is 0.341 e. The minimum absolute atomic E-state index is 0.165. The van der Waals surface area contributed by atoms with E-state index < -0.39 is 12.6 Å². The molecule has 1 heterocycles. The molecule has 4 rings (SSSR count). The fourth-order valence-corrected chi connectivity index (χ4v) is 4.27. The molecule has 0 radical (unpaired) electrons. The molecule has 1 aliphatic carbocycles. The summed E-state index contributed by atoms with van der Waals surface area (Å²) in [6.45, 7) is -0.490. The number of aromatic hydroxyl groups is 1. The summed E-state index contributed by atoms with van der Waals surface area (Å²) in [5.74, 6) is -1.13. The number of aliphatic carboxylic acids is 1. The molecule has 0 aliphatic heterocycles. The third-order valence-corrected chi connectivity index (χ3v) is 5.87. The average Bonchev–Trinajstić information content (AvgIpc) is 3.05. The molecule has 3 aromatic rings. The molecule has 0 saturated carbocycles. The highest BCUT2D eigenvalue weighted by atomic mass is 32.1. The van der Waals surface area contributed by atoms with E-state index in [4.69, 9.17) is 22.1 Å². The number of hydrogen-bond donors (Lipinski definition) is 2. The van der Waals surface area contributed by atoms with Gasteiger partial charge in [-0.25, -0.2) is 4.79 Å². The normalized spacial score (nSPS) is 14.1. The number of ether oxygens (including phenoxy) is 1. The van der Waals surface area contributed by atoms with Crippen LogP contribution >= 0.6 is 23.6 Å². The first kappa shape index (κ1) is 21.4. The van der Waals surface area contributed by atoms with Gasteiger partial charge in [0.25, 0.3) is 0 Å². The van der Waals surface area contributed by atoms with Gasteiger partial charge in [-0.3, -0.25) is 4.79 Å². The number of fused-ring (bicyclic) bond motifs is 1. The second kappa shape index (κ2) is 9.13. The van der Waals surface area contributed by atoms with Crippen LogP contribution in [0.4, 0.5) is 0 Å². The van der Waals surface area contributed by atoms with Gasteiger partial charge in [-0.1, -0.05) is 53.8 Å². The quantitative estimate of drug-likeness (QED) is 0.317. The van der Waals surface area contributed by atoms with Crippen molar-refractivity contribution in [3.05, 3.63) is 80.1 Å². The standard InChI is InChI=1S/C23H16N2O5S2/c26-18-10-9-14-5-1-3-7-16(14)17(18)11-20-22(29)25(23(31)32-20)24-12-15-6-2-4-8-19(15)30-13-21(27)28/h1-12,29H,13H2,(H,27,28)/b17-11-,24-12?. The maximum Gasteiger partial charge on any atom is 0.341 e. The van der Waals surface area contributed by atoms with Gasteiger partial charge in [0.05, 0.1) is 11.1 Å². The average molecular weight is 465 g/mol. The lowest BCUT2D eigenvalue weighted by molar-refractivity contribution is -0.139. The number of carbonyl (C=O) groups excluding carboxylic acids is 1. The number of nitrogens with zero attached hydrogens (tertiary/aromatic N) is 2. The summed E-state index contributed by atoms with van der Waals surface area (Å²) in [5.41, 5.74) is 2.66. The number of allylic oxidation sites excluding steroid dienone is 2. The largest absolute Gasteiger partial charge is 0.492 e. The first-order valence-corrected chi connectivity index (χ1v) is 10.6. The molecule has 9 heteroatoms. The molecule has 0 amide bonds. The Kier molecular flexibility index (Phi) is 6.11. The highest BCUT2D eigenvalue weighted by molar-refractivity contribution is 7.73. The molecule has 1 aromatic heterocycles. The maximum atomic E-state index is 12.5. The van der Waals surface area contributed by atoms with Gasteiger partial charge >= 0.3 is 5.97 Å². The van der Waals surface area contributed by atoms with Crippen molar-refractivity contribution in [2.24, 2.45) is 5.10 Å². The molecule has 1 aliphatic rings. The summed E-state index contributed by atoms with van der Waals surface area (Å²) in [5, 5.41) is 23.8. The molecule has 32 heavy (non-hydrogen) atoms. The fraction of sp³-hybridized carbons (Fsp3) is 0.0435. The van der Waals surface area contributed by atoms with E-state index in [1.54, 1.807) is 36.4 Å². The third kappa shape index (κ3) is 4.43. The van der Waals surface area contributed by atoms with Gasteiger partial charge in [-0.05, 0) is 47.6 Å². The van der Waals surface area contributed by atoms with Crippen molar-refractivity contribution in [2.45, 2.75) is 0 Å². The summed E-state index contributed by atoms with van der Waals surface area (Å²) in [6.07, 6.45) is 6.28. The lowest BCUT2D eigenvalue weighted by Gasteiger charge is -2.12. The molecule has 160 valence electrons. The summed E-state index contributed by atoms with van der Waals surface area (Å²) >= 11 is 6.46. The van der Waals surface area contributed by atoms with E-state index >= 15 is 0 Å². The Bertz CT molecular complexity index is 1360. The molecule has 2 N–H and O–H groups in total. The van der Waals surface area contributed by atoms with Gasteiger partial charge in [-0.2, -0.15) is 9.78 Å². The van der Waals surface area contributed by atoms with Crippen LogP contribution in [-0.4, -0.2) is 39.5 Å². The first-order chi connectivity index (χ1) is 15.4. The number of carboxylic acids is 1. The van der Waals surface area contributed by atoms with Crippen molar-refractivity contribution in [2.75, 3.05) is 6.61 Å². The van der Waals surface area contributed by atoms with Crippen LogP contribution in [0.25, 0.3) is 17.7 Å². The predicted molar refractivity (Wildman–Crippen MR) is 126 cm³/mol. The van der Waals surface area contributed by atoms with Crippen LogP contribution in [0.2, 0.25) is 0 Å². The number of benzene rings is 2. The number of ketones is 1. The molecule has 7 nitrogen and oxygen atoms in total. The first-order valence-electron chi connectivity index (χ1n) is 9.40. The lowest BCUT2D eigenvalue weighted by Crippen LogP contribution is -2.10. The van der Waals surface area contributed by atoms with Gasteiger partial charge in [0, 0.05) is 11.1 Å². The van der Waals surface area contributed by atoms with E-state index in [2.05, 4.69) is 5.10 Å². The summed E-state index contributed by atoms with van der Waals surface area (Å²) in [6, 6.07) is 14.3. The van der Waals surface area contributed by atoms with E-state index in [9.17, 15) is 14.7 Å². The third-order valence-electron chi connectivity index (χ3n) is 4.58. The van der Waals surface area contributed by atoms with Crippen LogP contribution in [0.5, 0.6) is 11.6 Å². The minimum atomic E-state index is -1.10. The molecule has 0 atom stereocenters. The Hall–Kier alpha value is -3.82. The molecule has 0 spiro atoms. The Morgan fingerprint density at radius 2 is 1.91 bits per heavy atom. The highest BCUT2D eigenvalue weighted by Gasteiger charge is 2.19. The zero-order valence-corrected chi connectivity index (χ0v) is 18.1. The zero-order valence-electron chi connectivity index (χ0n) is 16.5. The van der Waals surface area contributed by atoms with Gasteiger partial charge < -0.3 is 14.9 Å². The Balaban J connectivity index is 1.68. The fourth-order valence-electron chi connectivity index (χ4n) is 3.10. The molecule has 0 fully saturated rings. The van der Waals surface area contributed by atoms with E-state index in [1.807, 2.05) is 24.3 Å². The van der Waals surface area contributed by atoms with Gasteiger partial charge in [0.1, 0.15) is 5.75 Å². The molecular weight excluding hydrogens is 448 g/mol. The summed E-state index contributed by atoms with van der Waals surface area (Å²) in [7, 11) is 0. The number of thiazole rings is 1. The van der Waals surface area contributed by atoms with Gasteiger partial charge in [0.2, 0.25) is 5.88 Å². The van der Waals surface area contributed by atoms with Gasteiger partial charge in [-0.15, -0.1) is 0 Å². The van der Waals surface area contributed by atoms with Crippen molar-refractivity contribution in [1.82, 2.24) is 4.68 Å². The Morgan fingerprint density at radius 3 is 2.72 bits per heavy atom. The number of carbonyl (C=O) groups is 2. The molecule has 0 unspecified atom stereocenters. The molecule has 0 saturated heterocycles. The molecular formula is C23H16N2O5S2. The van der Waals surface area contributed by atoms with Crippen LogP contribution < -0.4 is 4.74 Å². The van der Waals surface area contributed by atoms with E-state index in [1.165, 1.54) is 17.0 Å². The number of carboxylic acid groups (broad SMARTS) is 1. The monoisotopic (exact) mass is 464 g/mol. The summed E-state index contributed by atoms with van der Waals surface area (Å²) in [4.78, 5) is 23.6. The number of hydrogen-bond acceptors (Lipinski definition) is 7. The predicted octanol–water partition coefficient (Wildman–Crippen LogP) is 4.47.